The summed E-state index contributed by atoms with van der Waals surface area (Å²) < 4.78 is 32.1. The molecule has 2 heterocycles. The Bertz CT molecular complexity index is 2350. The number of fused-ring (bicyclic) bond motifs is 1. The van der Waals surface area contributed by atoms with Crippen LogP contribution in [-0.2, 0) is 24.1 Å². The van der Waals surface area contributed by atoms with Crippen molar-refractivity contribution in [3.63, 3.8) is 0 Å². The molecule has 5 aromatic rings. The van der Waals surface area contributed by atoms with Crippen LogP contribution in [0, 0.1) is 17.8 Å². The maximum atomic E-state index is 11.8. The van der Waals surface area contributed by atoms with Crippen LogP contribution in [0.15, 0.2) is 102 Å². The molecule has 0 aliphatic carbocycles. The first-order chi connectivity index (χ1) is 32.1. The fourth-order valence-electron chi connectivity index (χ4n) is 6.95. The average molecular weight is 990 g/mol. The van der Waals surface area contributed by atoms with Crippen molar-refractivity contribution in [1.82, 2.24) is 25.5 Å². The summed E-state index contributed by atoms with van der Waals surface area (Å²) in [5, 5.41) is 11.1. The highest BCUT2D eigenvalue weighted by Crippen LogP contribution is 2.35. The van der Waals surface area contributed by atoms with E-state index in [1.807, 2.05) is 32.9 Å². The number of piperidine rings is 1. The first-order valence-electron chi connectivity index (χ1n) is 23.4. The molecule has 1 aliphatic heterocycles. The zero-order chi connectivity index (χ0) is 50.5. The topological polar surface area (TPSA) is 152 Å². The van der Waals surface area contributed by atoms with E-state index in [1.54, 1.807) is 20.5 Å². The summed E-state index contributed by atoms with van der Waals surface area (Å²) in [5.41, 5.74) is 6.25. The number of sulfone groups is 1. The molecular weight excluding hydrogens is 908 g/mol. The van der Waals surface area contributed by atoms with E-state index in [4.69, 9.17) is 21.1 Å². The first-order valence-corrected chi connectivity index (χ1v) is 25.7. The Morgan fingerprint density at radius 3 is 1.87 bits per heavy atom. The Balaban J connectivity index is 0.000000383. The summed E-state index contributed by atoms with van der Waals surface area (Å²) >= 11 is 6.20. The molecule has 0 saturated carbocycles. The third kappa shape index (κ3) is 21.7. The van der Waals surface area contributed by atoms with Crippen LogP contribution in [-0.4, -0.2) is 108 Å². The van der Waals surface area contributed by atoms with Crippen molar-refractivity contribution in [2.45, 2.75) is 105 Å². The van der Waals surface area contributed by atoms with Crippen molar-refractivity contribution >= 4 is 50.0 Å². The van der Waals surface area contributed by atoms with E-state index in [0.717, 1.165) is 73.4 Å². The minimum Gasteiger partial charge on any atom is -0.385 e. The molecule has 1 atom stereocenters. The molecule has 1 aromatic heterocycles. The van der Waals surface area contributed by atoms with Crippen LogP contribution in [0.5, 0.6) is 0 Å². The molecule has 1 saturated heterocycles. The number of hydrogen-bond donors (Lipinski definition) is 3. The van der Waals surface area contributed by atoms with E-state index in [2.05, 4.69) is 127 Å². The number of aryl methyl sites for hydroxylation is 1. The maximum Gasteiger partial charge on any atom is 0.251 e. The number of nitrogens with one attached hydrogen (secondary N) is 3. The fourth-order valence-corrected chi connectivity index (χ4v) is 7.71. The van der Waals surface area contributed by atoms with E-state index < -0.39 is 9.84 Å². The van der Waals surface area contributed by atoms with E-state index in [9.17, 15) is 18.0 Å². The van der Waals surface area contributed by atoms with Crippen LogP contribution in [0.2, 0.25) is 5.02 Å². The quantitative estimate of drug-likeness (QED) is 0.0724. The number of rotatable bonds is 14. The molecule has 14 heteroatoms. The predicted molar refractivity (Wildman–Crippen MR) is 286 cm³/mol. The Labute approximate surface area is 419 Å². The molecular formula is C55H81ClN6O6S. The molecule has 4 aromatic carbocycles. The molecule has 6 rings (SSSR count). The highest BCUT2D eigenvalue weighted by molar-refractivity contribution is 7.90. The predicted octanol–water partition coefficient (Wildman–Crippen LogP) is 11.0. The van der Waals surface area contributed by atoms with Crippen molar-refractivity contribution in [3.05, 3.63) is 130 Å². The van der Waals surface area contributed by atoms with E-state index in [0.29, 0.717) is 31.3 Å². The fraction of sp³-hybridized carbons (Fsp3) is 0.491. The summed E-state index contributed by atoms with van der Waals surface area (Å²) in [6, 6.07) is 29.9. The first kappa shape index (κ1) is 60.2. The molecule has 1 aliphatic rings. The highest BCUT2D eigenvalue weighted by atomic mass is 35.5. The molecule has 0 spiro atoms. The largest absolute Gasteiger partial charge is 0.385 e. The zero-order valence-electron chi connectivity index (χ0n) is 42.5. The van der Waals surface area contributed by atoms with E-state index >= 15 is 0 Å². The number of aromatic nitrogens is 2. The van der Waals surface area contributed by atoms with Crippen LogP contribution < -0.4 is 16.0 Å². The maximum absolute atomic E-state index is 11.8. The lowest BCUT2D eigenvalue weighted by Gasteiger charge is -2.30. The zero-order valence-corrected chi connectivity index (χ0v) is 44.1. The Morgan fingerprint density at radius 2 is 1.36 bits per heavy atom. The molecule has 3 N–H and O–H groups in total. The van der Waals surface area contributed by atoms with Gasteiger partial charge in [-0.05, 0) is 123 Å². The van der Waals surface area contributed by atoms with Crippen molar-refractivity contribution in [2.75, 3.05) is 72.2 Å². The number of carbonyl (C=O) groups is 2. The monoisotopic (exact) mass is 989 g/mol. The number of amides is 2. The van der Waals surface area contributed by atoms with Gasteiger partial charge in [0.05, 0.1) is 17.0 Å². The van der Waals surface area contributed by atoms with Gasteiger partial charge in [0.2, 0.25) is 5.91 Å². The number of ether oxygens (including phenoxy) is 2. The molecule has 0 bridgehead atoms. The Morgan fingerprint density at radius 1 is 0.797 bits per heavy atom. The van der Waals surface area contributed by atoms with Gasteiger partial charge in [0.25, 0.3) is 5.91 Å². The van der Waals surface area contributed by atoms with Crippen molar-refractivity contribution in [2.24, 2.45) is 10.8 Å². The lowest BCUT2D eigenvalue weighted by Crippen LogP contribution is -2.36. The second-order valence-electron chi connectivity index (χ2n) is 19.5. The molecule has 12 nitrogen and oxygen atoms in total. The SMILES string of the molecule is C.CC(C)(C)CCNC(=O)c1ccc(S(C)(=O)=O)cc1.CCCOC.COCCNC(=O)C(C)(C)C.Cc1ccc(C(c2ccc(Cl)cc2)c2ccc3ncnc(NC4CCN(C)CC4)c3c2)cc1. The third-order valence-electron chi connectivity index (χ3n) is 11.1. The number of methoxy groups -OCH3 is 2. The number of anilines is 1. The van der Waals surface area contributed by atoms with Crippen molar-refractivity contribution in [3.8, 4) is 0 Å². The number of benzene rings is 4. The number of carbonyl (C=O) groups excluding carboxylic acids is 2. The van der Waals surface area contributed by atoms with Gasteiger partial charge in [0.15, 0.2) is 9.84 Å². The number of likely N-dealkylation sites (tertiary alicyclic amines) is 1. The Hall–Kier alpha value is -4.92. The van der Waals surface area contributed by atoms with E-state index in [-0.39, 0.29) is 40.9 Å². The van der Waals surface area contributed by atoms with Gasteiger partial charge in [-0.25, -0.2) is 18.4 Å². The van der Waals surface area contributed by atoms with Crippen LogP contribution in [0.1, 0.15) is 120 Å². The van der Waals surface area contributed by atoms with Crippen LogP contribution in [0.4, 0.5) is 5.82 Å². The minimum absolute atomic E-state index is 0. The Kier molecular flexibility index (Phi) is 25.6. The molecule has 1 unspecified atom stereocenters. The van der Waals surface area contributed by atoms with Gasteiger partial charge in [-0.15, -0.1) is 0 Å². The number of halogens is 1. The van der Waals surface area contributed by atoms with Crippen LogP contribution in [0.25, 0.3) is 10.9 Å². The molecule has 2 amide bonds. The summed E-state index contributed by atoms with van der Waals surface area (Å²) in [6.45, 7) is 21.1. The summed E-state index contributed by atoms with van der Waals surface area (Å²) in [7, 11) is 2.30. The van der Waals surface area contributed by atoms with Gasteiger partial charge in [-0.2, -0.15) is 0 Å². The number of nitrogens with zero attached hydrogens (tertiary/aromatic N) is 3. The van der Waals surface area contributed by atoms with Crippen molar-refractivity contribution < 1.29 is 27.5 Å². The summed E-state index contributed by atoms with van der Waals surface area (Å²) in [4.78, 5) is 34.8. The lowest BCUT2D eigenvalue weighted by atomic mass is 9.84. The molecule has 69 heavy (non-hydrogen) atoms. The minimum atomic E-state index is -3.21. The van der Waals surface area contributed by atoms with Gasteiger partial charge >= 0.3 is 0 Å². The van der Waals surface area contributed by atoms with Crippen LogP contribution in [0.3, 0.4) is 0 Å². The third-order valence-corrected chi connectivity index (χ3v) is 12.4. The molecule has 1 fully saturated rings. The second-order valence-corrected chi connectivity index (χ2v) is 21.9. The standard InChI is InChI=1S/C28H29ClN4.C14H21NO3S.C8H17NO2.C4H10O.CH4/c1-19-3-5-20(6-4-19)27(21-7-10-23(29)11-8-21)22-9-12-26-25(17-22)28(31-18-30-26)32-24-13-15-33(2)16-14-24;1-14(2,3)9-10-15-13(16)11-5-7-12(8-6-11)19(4,17)18;1-8(2,3)7(10)9-5-6-11-4;1-3-4-5-2;/h3-12,17-18,24,27H,13-16H2,1-2H3,(H,30,31,32);5-8H,9-10H2,1-4H3,(H,15,16);5-6H2,1-4H3,(H,9,10);3-4H2,1-2H3;1H4. The van der Waals surface area contributed by atoms with Gasteiger partial charge in [-0.3, -0.25) is 9.59 Å². The summed E-state index contributed by atoms with van der Waals surface area (Å²) in [5.74, 6) is 0.915. The molecule has 0 radical (unpaired) electrons. The number of hydrogen-bond acceptors (Lipinski definition) is 10. The average Bonchev–Trinajstić information content (AvgIpc) is 3.28. The van der Waals surface area contributed by atoms with Crippen LogP contribution >= 0.6 is 11.6 Å². The summed E-state index contributed by atoms with van der Waals surface area (Å²) in [6.07, 6.45) is 7.06. The van der Waals surface area contributed by atoms with E-state index in [1.165, 1.54) is 46.5 Å². The second kappa shape index (κ2) is 29.3. The van der Waals surface area contributed by atoms with Gasteiger partial charge in [0.1, 0.15) is 12.1 Å². The van der Waals surface area contributed by atoms with Gasteiger partial charge in [-0.1, -0.05) is 116 Å². The van der Waals surface area contributed by atoms with Gasteiger partial charge in [0, 0.05) is 73.5 Å². The van der Waals surface area contributed by atoms with Crippen molar-refractivity contribution in [1.29, 1.82) is 0 Å². The highest BCUT2D eigenvalue weighted by Gasteiger charge is 2.22. The van der Waals surface area contributed by atoms with Gasteiger partial charge < -0.3 is 30.3 Å². The lowest BCUT2D eigenvalue weighted by molar-refractivity contribution is -0.128. The normalized spacial score (nSPS) is 13.5. The molecule has 380 valence electrons. The smallest absolute Gasteiger partial charge is 0.251 e.